The average molecular weight is 499 g/mol. The molecule has 2 fully saturated rings. The van der Waals surface area contributed by atoms with Gasteiger partial charge >= 0.3 is 0 Å². The summed E-state index contributed by atoms with van der Waals surface area (Å²) in [6.45, 7) is 2.58. The molecule has 1 heterocycles. The molecule has 0 unspecified atom stereocenters. The third-order valence-corrected chi connectivity index (χ3v) is 5.81. The first-order chi connectivity index (χ1) is 13.2. The number of aliphatic imine (C=N–C) groups is 1. The van der Waals surface area contributed by atoms with Gasteiger partial charge in [-0.15, -0.1) is 24.0 Å². The Hall–Kier alpha value is -1.40. The third-order valence-electron chi connectivity index (χ3n) is 5.81. The van der Waals surface area contributed by atoms with E-state index in [1.54, 1.807) is 13.1 Å². The Bertz CT molecular complexity index is 689. The van der Waals surface area contributed by atoms with E-state index in [1.165, 1.54) is 44.2 Å². The molecular weight excluding hydrogens is 468 g/mol. The Morgan fingerprint density at radius 1 is 1.21 bits per heavy atom. The highest BCUT2D eigenvalue weighted by Crippen LogP contribution is 2.25. The first-order valence-corrected chi connectivity index (χ1v) is 10.1. The summed E-state index contributed by atoms with van der Waals surface area (Å²) in [6.07, 6.45) is 9.08. The molecule has 1 aromatic carbocycles. The molecule has 154 valence electrons. The van der Waals surface area contributed by atoms with Gasteiger partial charge in [-0.05, 0) is 43.9 Å². The summed E-state index contributed by atoms with van der Waals surface area (Å²) in [7, 11) is 1.73. The van der Waals surface area contributed by atoms with Crippen LogP contribution in [0.2, 0.25) is 0 Å². The fourth-order valence-corrected chi connectivity index (χ4v) is 4.20. The summed E-state index contributed by atoms with van der Waals surface area (Å²) in [5.74, 6) is 0.380. The topological polar surface area (TPSA) is 63.5 Å². The molecule has 1 saturated carbocycles. The summed E-state index contributed by atoms with van der Waals surface area (Å²) in [5.41, 5.74) is 0.940. The van der Waals surface area contributed by atoms with Gasteiger partial charge in [0.05, 0.1) is 11.6 Å². The Morgan fingerprint density at radius 3 is 2.57 bits per heavy atom. The maximum atomic E-state index is 13.9. The van der Waals surface area contributed by atoms with E-state index in [2.05, 4.69) is 20.5 Å². The van der Waals surface area contributed by atoms with Gasteiger partial charge in [0.1, 0.15) is 5.82 Å². The Balaban J connectivity index is 0.00000280. The van der Waals surface area contributed by atoms with Crippen LogP contribution in [0, 0.1) is 17.1 Å². The van der Waals surface area contributed by atoms with Crippen LogP contribution in [0.15, 0.2) is 23.2 Å². The van der Waals surface area contributed by atoms with Gasteiger partial charge < -0.3 is 15.5 Å². The number of likely N-dealkylation sites (tertiary alicyclic amines) is 1. The summed E-state index contributed by atoms with van der Waals surface area (Å²) < 4.78 is 13.9. The molecule has 7 heteroatoms. The fourth-order valence-electron chi connectivity index (χ4n) is 4.20. The number of rotatable bonds is 4. The molecule has 0 radical (unpaired) electrons. The van der Waals surface area contributed by atoms with E-state index in [9.17, 15) is 4.39 Å². The zero-order valence-corrected chi connectivity index (χ0v) is 18.9. The monoisotopic (exact) mass is 499 g/mol. The van der Waals surface area contributed by atoms with Crippen LogP contribution in [-0.2, 0) is 6.54 Å². The normalized spacial score (nSPS) is 19.5. The van der Waals surface area contributed by atoms with Crippen molar-refractivity contribution in [2.75, 3.05) is 20.1 Å². The molecule has 0 spiro atoms. The van der Waals surface area contributed by atoms with Crippen molar-refractivity contribution in [3.05, 3.63) is 35.1 Å². The summed E-state index contributed by atoms with van der Waals surface area (Å²) >= 11 is 0. The van der Waals surface area contributed by atoms with Crippen molar-refractivity contribution in [2.45, 2.75) is 63.6 Å². The summed E-state index contributed by atoms with van der Waals surface area (Å²) in [5, 5.41) is 15.6. The smallest absolute Gasteiger partial charge is 0.191 e. The molecule has 1 aliphatic carbocycles. The van der Waals surface area contributed by atoms with Gasteiger partial charge in [-0.3, -0.25) is 4.99 Å². The number of benzene rings is 1. The second-order valence-electron chi connectivity index (χ2n) is 7.59. The minimum absolute atomic E-state index is 0. The van der Waals surface area contributed by atoms with Crippen LogP contribution in [0.25, 0.3) is 0 Å². The lowest BCUT2D eigenvalue weighted by molar-refractivity contribution is 0.119. The number of nitriles is 1. The average Bonchev–Trinajstić information content (AvgIpc) is 2.73. The molecular formula is C21H31FIN5. The van der Waals surface area contributed by atoms with Crippen LogP contribution in [0.4, 0.5) is 4.39 Å². The van der Waals surface area contributed by atoms with E-state index in [0.717, 1.165) is 32.0 Å². The van der Waals surface area contributed by atoms with Crippen molar-refractivity contribution in [1.82, 2.24) is 15.5 Å². The standard InChI is InChI=1S/C21H30FN5.HI/c1-24-21(25-15-17-13-16(14-23)7-8-20(17)22)26-18-9-11-27(12-10-18)19-5-3-2-4-6-19;/h7-8,13,18-19H,2-6,9-12,15H2,1H3,(H2,24,25,26);1H. The quantitative estimate of drug-likeness (QED) is 0.376. The number of hydrogen-bond donors (Lipinski definition) is 2. The van der Waals surface area contributed by atoms with Gasteiger partial charge in [-0.1, -0.05) is 19.3 Å². The SMILES string of the molecule is CN=C(NCc1cc(C#N)ccc1F)NC1CCN(C2CCCCC2)CC1.I. The largest absolute Gasteiger partial charge is 0.354 e. The van der Waals surface area contributed by atoms with Crippen molar-refractivity contribution in [2.24, 2.45) is 4.99 Å². The second-order valence-corrected chi connectivity index (χ2v) is 7.59. The van der Waals surface area contributed by atoms with Crippen molar-refractivity contribution >= 4 is 29.9 Å². The number of nitrogens with one attached hydrogen (secondary N) is 2. The van der Waals surface area contributed by atoms with Crippen LogP contribution >= 0.6 is 24.0 Å². The number of guanidine groups is 1. The van der Waals surface area contributed by atoms with E-state index in [4.69, 9.17) is 5.26 Å². The van der Waals surface area contributed by atoms with Gasteiger partial charge in [0, 0.05) is 44.3 Å². The van der Waals surface area contributed by atoms with Crippen molar-refractivity contribution in [1.29, 1.82) is 5.26 Å². The molecule has 1 aromatic rings. The molecule has 0 atom stereocenters. The Kier molecular flexibility index (Phi) is 9.45. The maximum Gasteiger partial charge on any atom is 0.191 e. The fraction of sp³-hybridized carbons (Fsp3) is 0.619. The summed E-state index contributed by atoms with van der Waals surface area (Å²) in [6, 6.07) is 7.64. The molecule has 1 saturated heterocycles. The first-order valence-electron chi connectivity index (χ1n) is 10.1. The molecule has 28 heavy (non-hydrogen) atoms. The number of hydrogen-bond acceptors (Lipinski definition) is 3. The second kappa shape index (κ2) is 11.6. The number of halogens is 2. The molecule has 0 amide bonds. The van der Waals surface area contributed by atoms with E-state index in [0.29, 0.717) is 29.7 Å². The lowest BCUT2D eigenvalue weighted by Gasteiger charge is -2.39. The van der Waals surface area contributed by atoms with Crippen molar-refractivity contribution in [3.63, 3.8) is 0 Å². The van der Waals surface area contributed by atoms with Crippen LogP contribution < -0.4 is 10.6 Å². The van der Waals surface area contributed by atoms with Crippen LogP contribution in [0.1, 0.15) is 56.1 Å². The van der Waals surface area contributed by atoms with Gasteiger partial charge in [-0.25, -0.2) is 4.39 Å². The highest BCUT2D eigenvalue weighted by molar-refractivity contribution is 14.0. The molecule has 2 N–H and O–H groups in total. The maximum absolute atomic E-state index is 13.9. The molecule has 2 aliphatic rings. The van der Waals surface area contributed by atoms with E-state index in [-0.39, 0.29) is 29.8 Å². The van der Waals surface area contributed by atoms with Gasteiger partial charge in [0.25, 0.3) is 0 Å². The van der Waals surface area contributed by atoms with Crippen molar-refractivity contribution < 1.29 is 4.39 Å². The first kappa shape index (κ1) is 22.9. The highest BCUT2D eigenvalue weighted by atomic mass is 127. The van der Waals surface area contributed by atoms with Gasteiger partial charge in [0.2, 0.25) is 0 Å². The molecule has 0 aromatic heterocycles. The Labute approximate surface area is 184 Å². The van der Waals surface area contributed by atoms with E-state index >= 15 is 0 Å². The number of nitrogens with zero attached hydrogens (tertiary/aromatic N) is 3. The lowest BCUT2D eigenvalue weighted by atomic mass is 9.92. The number of piperidine rings is 1. The molecule has 1 aliphatic heterocycles. The third kappa shape index (κ3) is 6.31. The van der Waals surface area contributed by atoms with Crippen LogP contribution in [0.5, 0.6) is 0 Å². The highest BCUT2D eigenvalue weighted by Gasteiger charge is 2.26. The van der Waals surface area contributed by atoms with Crippen LogP contribution in [-0.4, -0.2) is 43.1 Å². The lowest BCUT2D eigenvalue weighted by Crippen LogP contribution is -2.50. The minimum atomic E-state index is -0.308. The predicted octanol–water partition coefficient (Wildman–Crippen LogP) is 3.78. The Morgan fingerprint density at radius 2 is 1.93 bits per heavy atom. The van der Waals surface area contributed by atoms with E-state index < -0.39 is 0 Å². The summed E-state index contributed by atoms with van der Waals surface area (Å²) in [4.78, 5) is 6.93. The predicted molar refractivity (Wildman–Crippen MR) is 121 cm³/mol. The molecule has 3 rings (SSSR count). The van der Waals surface area contributed by atoms with Crippen molar-refractivity contribution in [3.8, 4) is 6.07 Å². The zero-order valence-electron chi connectivity index (χ0n) is 16.6. The van der Waals surface area contributed by atoms with Crippen LogP contribution in [0.3, 0.4) is 0 Å². The van der Waals surface area contributed by atoms with E-state index in [1.807, 2.05) is 6.07 Å². The zero-order chi connectivity index (χ0) is 19.1. The van der Waals surface area contributed by atoms with Gasteiger partial charge in [-0.2, -0.15) is 5.26 Å². The minimum Gasteiger partial charge on any atom is -0.354 e. The van der Waals surface area contributed by atoms with Gasteiger partial charge in [0.15, 0.2) is 5.96 Å². The molecule has 0 bridgehead atoms. The molecule has 5 nitrogen and oxygen atoms in total.